The van der Waals surface area contributed by atoms with Crippen molar-refractivity contribution in [2.24, 2.45) is 5.92 Å². The molecule has 22 heavy (non-hydrogen) atoms. The van der Waals surface area contributed by atoms with Crippen LogP contribution in [-0.2, 0) is 16.1 Å². The zero-order valence-electron chi connectivity index (χ0n) is 12.8. The normalized spacial score (nSPS) is 17.8. The van der Waals surface area contributed by atoms with Gasteiger partial charge in [-0.25, -0.2) is 4.79 Å². The van der Waals surface area contributed by atoms with Gasteiger partial charge in [0.25, 0.3) is 5.91 Å². The Kier molecular flexibility index (Phi) is 5.14. The van der Waals surface area contributed by atoms with Gasteiger partial charge in [-0.2, -0.15) is 0 Å². The van der Waals surface area contributed by atoms with Crippen LogP contribution in [-0.4, -0.2) is 35.3 Å². The fourth-order valence-corrected chi connectivity index (χ4v) is 2.21. The predicted molar refractivity (Wildman–Crippen MR) is 81.8 cm³/mol. The van der Waals surface area contributed by atoms with E-state index in [0.717, 1.165) is 10.5 Å². The quantitative estimate of drug-likeness (QED) is 0.777. The molecule has 6 heteroatoms. The second-order valence-electron chi connectivity index (χ2n) is 5.81. The summed E-state index contributed by atoms with van der Waals surface area (Å²) in [6, 6.07) is 8.05. The number of imide groups is 1. The Labute approximate surface area is 129 Å². The van der Waals surface area contributed by atoms with Gasteiger partial charge in [-0.3, -0.25) is 14.5 Å². The zero-order chi connectivity index (χ0) is 16.1. The molecule has 1 aromatic carbocycles. The van der Waals surface area contributed by atoms with Crippen LogP contribution in [0.3, 0.4) is 0 Å². The lowest BCUT2D eigenvalue weighted by atomic mass is 10.1. The molecule has 1 atom stereocenters. The van der Waals surface area contributed by atoms with Crippen LogP contribution < -0.4 is 10.6 Å². The number of hydrogen-bond acceptors (Lipinski definition) is 3. The van der Waals surface area contributed by atoms with Crippen molar-refractivity contribution in [3.05, 3.63) is 35.9 Å². The molecule has 1 saturated heterocycles. The van der Waals surface area contributed by atoms with Crippen LogP contribution in [0.1, 0.15) is 25.8 Å². The molecule has 0 saturated carbocycles. The SMILES string of the molecule is CC(C)CNC(=O)C[C@@H]1NC(=O)N(Cc2ccccc2)C1=O. The Morgan fingerprint density at radius 2 is 1.95 bits per heavy atom. The van der Waals surface area contributed by atoms with E-state index < -0.39 is 12.1 Å². The molecule has 1 heterocycles. The number of benzene rings is 1. The molecule has 4 amide bonds. The maximum atomic E-state index is 12.3. The number of nitrogens with one attached hydrogen (secondary N) is 2. The molecular formula is C16H21N3O3. The van der Waals surface area contributed by atoms with Crippen molar-refractivity contribution < 1.29 is 14.4 Å². The lowest BCUT2D eigenvalue weighted by Crippen LogP contribution is -2.37. The second kappa shape index (κ2) is 7.06. The summed E-state index contributed by atoms with van der Waals surface area (Å²) in [7, 11) is 0. The van der Waals surface area contributed by atoms with Gasteiger partial charge in [0.1, 0.15) is 6.04 Å². The summed E-state index contributed by atoms with van der Waals surface area (Å²) in [5.74, 6) is -0.241. The van der Waals surface area contributed by atoms with Gasteiger partial charge < -0.3 is 10.6 Å². The molecular weight excluding hydrogens is 282 g/mol. The van der Waals surface area contributed by atoms with Crippen molar-refractivity contribution in [3.63, 3.8) is 0 Å². The molecule has 0 bridgehead atoms. The first-order valence-electron chi connectivity index (χ1n) is 7.40. The van der Waals surface area contributed by atoms with Crippen molar-refractivity contribution in [1.29, 1.82) is 0 Å². The number of carbonyl (C=O) groups excluding carboxylic acids is 3. The highest BCUT2D eigenvalue weighted by Gasteiger charge is 2.38. The smallest absolute Gasteiger partial charge is 0.325 e. The van der Waals surface area contributed by atoms with E-state index in [1.54, 1.807) is 0 Å². The standard InChI is InChI=1S/C16H21N3O3/c1-11(2)9-17-14(20)8-13-15(21)19(16(22)18-13)10-12-6-4-3-5-7-12/h3-7,11,13H,8-10H2,1-2H3,(H,17,20)(H,18,22)/t13-/m0/s1. The molecule has 0 aromatic heterocycles. The van der Waals surface area contributed by atoms with E-state index in [0.29, 0.717) is 12.5 Å². The Hall–Kier alpha value is -2.37. The van der Waals surface area contributed by atoms with E-state index in [2.05, 4.69) is 10.6 Å². The molecule has 2 rings (SSSR count). The third-order valence-electron chi connectivity index (χ3n) is 3.39. The minimum absolute atomic E-state index is 0.0252. The molecule has 0 radical (unpaired) electrons. The minimum atomic E-state index is -0.775. The maximum Gasteiger partial charge on any atom is 0.325 e. The van der Waals surface area contributed by atoms with Crippen molar-refractivity contribution in [2.45, 2.75) is 32.9 Å². The van der Waals surface area contributed by atoms with Crippen LogP contribution in [0.5, 0.6) is 0 Å². The van der Waals surface area contributed by atoms with Crippen LogP contribution in [0, 0.1) is 5.92 Å². The fraction of sp³-hybridized carbons (Fsp3) is 0.438. The molecule has 2 N–H and O–H groups in total. The summed E-state index contributed by atoms with van der Waals surface area (Å²) >= 11 is 0. The van der Waals surface area contributed by atoms with E-state index in [1.165, 1.54) is 0 Å². The topological polar surface area (TPSA) is 78.5 Å². The van der Waals surface area contributed by atoms with Gasteiger partial charge in [-0.05, 0) is 11.5 Å². The van der Waals surface area contributed by atoms with Crippen LogP contribution in [0.15, 0.2) is 30.3 Å². The lowest BCUT2D eigenvalue weighted by Gasteiger charge is -2.13. The van der Waals surface area contributed by atoms with Gasteiger partial charge in [0, 0.05) is 6.54 Å². The van der Waals surface area contributed by atoms with Crippen LogP contribution in [0.4, 0.5) is 4.79 Å². The van der Waals surface area contributed by atoms with Crippen LogP contribution in [0.2, 0.25) is 0 Å². The average molecular weight is 303 g/mol. The number of hydrogen-bond donors (Lipinski definition) is 2. The molecule has 1 aliphatic heterocycles. The molecule has 1 aromatic rings. The highest BCUT2D eigenvalue weighted by Crippen LogP contribution is 2.13. The first-order valence-corrected chi connectivity index (χ1v) is 7.40. The Bertz CT molecular complexity index is 557. The molecule has 0 aliphatic carbocycles. The molecule has 1 aliphatic rings. The first-order chi connectivity index (χ1) is 10.5. The van der Waals surface area contributed by atoms with Gasteiger partial charge in [0.05, 0.1) is 13.0 Å². The van der Waals surface area contributed by atoms with Crippen molar-refractivity contribution >= 4 is 17.8 Å². The molecule has 6 nitrogen and oxygen atoms in total. The van der Waals surface area contributed by atoms with Crippen molar-refractivity contribution in [3.8, 4) is 0 Å². The van der Waals surface area contributed by atoms with Gasteiger partial charge in [-0.1, -0.05) is 44.2 Å². The Balaban J connectivity index is 1.92. The molecule has 0 spiro atoms. The van der Waals surface area contributed by atoms with Crippen molar-refractivity contribution in [1.82, 2.24) is 15.5 Å². The number of nitrogens with zero attached hydrogens (tertiary/aromatic N) is 1. The Morgan fingerprint density at radius 1 is 1.27 bits per heavy atom. The van der Waals surface area contributed by atoms with Crippen LogP contribution in [0.25, 0.3) is 0 Å². The average Bonchev–Trinajstić information content (AvgIpc) is 2.74. The summed E-state index contributed by atoms with van der Waals surface area (Å²) in [6.07, 6.45) is -0.0252. The summed E-state index contributed by atoms with van der Waals surface area (Å²) in [5, 5.41) is 5.32. The van der Waals surface area contributed by atoms with Gasteiger partial charge in [0.2, 0.25) is 5.91 Å². The molecule has 118 valence electrons. The largest absolute Gasteiger partial charge is 0.356 e. The predicted octanol–water partition coefficient (Wildman–Crippen LogP) is 1.27. The van der Waals surface area contributed by atoms with E-state index >= 15 is 0 Å². The third kappa shape index (κ3) is 4.07. The third-order valence-corrected chi connectivity index (χ3v) is 3.39. The highest BCUT2D eigenvalue weighted by atomic mass is 16.2. The Morgan fingerprint density at radius 3 is 2.59 bits per heavy atom. The first kappa shape index (κ1) is 16.0. The maximum absolute atomic E-state index is 12.3. The zero-order valence-corrected chi connectivity index (χ0v) is 12.8. The van der Waals surface area contributed by atoms with E-state index in [-0.39, 0.29) is 24.8 Å². The number of rotatable bonds is 6. The van der Waals surface area contributed by atoms with E-state index in [1.807, 2.05) is 44.2 Å². The van der Waals surface area contributed by atoms with Gasteiger partial charge in [0.15, 0.2) is 0 Å². The minimum Gasteiger partial charge on any atom is -0.356 e. The molecule has 1 fully saturated rings. The van der Waals surface area contributed by atoms with Crippen LogP contribution >= 0.6 is 0 Å². The van der Waals surface area contributed by atoms with Crippen molar-refractivity contribution in [2.75, 3.05) is 6.54 Å². The van der Waals surface area contributed by atoms with Gasteiger partial charge >= 0.3 is 6.03 Å². The second-order valence-corrected chi connectivity index (χ2v) is 5.81. The number of urea groups is 1. The van der Waals surface area contributed by atoms with Gasteiger partial charge in [-0.15, -0.1) is 0 Å². The fourth-order valence-electron chi connectivity index (χ4n) is 2.21. The summed E-state index contributed by atoms with van der Waals surface area (Å²) in [5.41, 5.74) is 0.871. The van der Waals surface area contributed by atoms with E-state index in [9.17, 15) is 14.4 Å². The van der Waals surface area contributed by atoms with E-state index in [4.69, 9.17) is 0 Å². The summed E-state index contributed by atoms with van der Waals surface area (Å²) < 4.78 is 0. The number of amides is 4. The lowest BCUT2D eigenvalue weighted by molar-refractivity contribution is -0.131. The monoisotopic (exact) mass is 303 g/mol. The molecule has 0 unspecified atom stereocenters. The highest BCUT2D eigenvalue weighted by molar-refractivity contribution is 6.05. The summed E-state index contributed by atoms with van der Waals surface area (Å²) in [6.45, 7) is 4.76. The number of carbonyl (C=O) groups is 3. The summed E-state index contributed by atoms with van der Waals surface area (Å²) in [4.78, 5) is 37.1.